The minimum absolute atomic E-state index is 0.178. The van der Waals surface area contributed by atoms with E-state index in [9.17, 15) is 10.1 Å². The molecular formula is C22H21N5O. The summed E-state index contributed by atoms with van der Waals surface area (Å²) < 4.78 is 0. The van der Waals surface area contributed by atoms with Crippen LogP contribution >= 0.6 is 0 Å². The van der Waals surface area contributed by atoms with Crippen LogP contribution in [0.25, 0.3) is 22.2 Å². The first-order valence-electron chi connectivity index (χ1n) is 9.66. The molecule has 3 N–H and O–H groups in total. The van der Waals surface area contributed by atoms with Crippen LogP contribution in [-0.4, -0.2) is 27.3 Å². The van der Waals surface area contributed by atoms with E-state index in [-0.39, 0.29) is 17.6 Å². The minimum atomic E-state index is 0.178. The number of nitrogens with one attached hydrogen (secondary N) is 1. The Morgan fingerprint density at radius 1 is 1.36 bits per heavy atom. The molecule has 1 aliphatic heterocycles. The van der Waals surface area contributed by atoms with E-state index in [1.807, 2.05) is 30.0 Å². The molecule has 28 heavy (non-hydrogen) atoms. The highest BCUT2D eigenvalue weighted by Crippen LogP contribution is 2.39. The van der Waals surface area contributed by atoms with Gasteiger partial charge in [0.1, 0.15) is 17.5 Å². The van der Waals surface area contributed by atoms with E-state index in [1.165, 1.54) is 0 Å². The van der Waals surface area contributed by atoms with Crippen LogP contribution in [0, 0.1) is 24.2 Å². The van der Waals surface area contributed by atoms with Gasteiger partial charge in [-0.3, -0.25) is 4.79 Å². The first kappa shape index (κ1) is 16.8. The first-order chi connectivity index (χ1) is 13.6. The number of aryl methyl sites for hydroxylation is 1. The van der Waals surface area contributed by atoms with Crippen molar-refractivity contribution in [2.24, 2.45) is 5.92 Å². The largest absolute Gasteiger partial charge is 0.383 e. The van der Waals surface area contributed by atoms with Gasteiger partial charge in [0, 0.05) is 47.5 Å². The van der Waals surface area contributed by atoms with Crippen molar-refractivity contribution in [3.05, 3.63) is 46.6 Å². The van der Waals surface area contributed by atoms with E-state index in [1.54, 1.807) is 0 Å². The molecule has 1 amide bonds. The van der Waals surface area contributed by atoms with Crippen molar-refractivity contribution < 1.29 is 4.79 Å². The summed E-state index contributed by atoms with van der Waals surface area (Å²) in [4.78, 5) is 22.6. The predicted molar refractivity (Wildman–Crippen MR) is 107 cm³/mol. The number of aromatic nitrogens is 2. The van der Waals surface area contributed by atoms with E-state index in [4.69, 9.17) is 5.73 Å². The average Bonchev–Trinajstić information content (AvgIpc) is 3.51. The summed E-state index contributed by atoms with van der Waals surface area (Å²) in [7, 11) is 0. The fourth-order valence-corrected chi connectivity index (χ4v) is 4.28. The van der Waals surface area contributed by atoms with E-state index in [0.717, 1.165) is 51.8 Å². The van der Waals surface area contributed by atoms with Crippen molar-refractivity contribution in [1.82, 2.24) is 14.9 Å². The summed E-state index contributed by atoms with van der Waals surface area (Å²) in [5.74, 6) is 0.661. The van der Waals surface area contributed by atoms with Crippen molar-refractivity contribution in [1.29, 1.82) is 5.26 Å². The number of nitrogen functional groups attached to an aromatic ring is 1. The van der Waals surface area contributed by atoms with E-state index >= 15 is 0 Å². The number of anilines is 1. The highest BCUT2D eigenvalue weighted by atomic mass is 16.2. The fourth-order valence-electron chi connectivity index (χ4n) is 4.28. The number of hydrogen-bond donors (Lipinski definition) is 2. The molecule has 0 atom stereocenters. The van der Waals surface area contributed by atoms with Crippen LogP contribution in [0.2, 0.25) is 0 Å². The molecule has 3 heterocycles. The summed E-state index contributed by atoms with van der Waals surface area (Å²) in [5, 5.41) is 11.0. The molecule has 0 bridgehead atoms. The molecule has 2 aliphatic rings. The molecule has 2 aromatic heterocycles. The molecule has 0 radical (unpaired) electrons. The predicted octanol–water partition coefficient (Wildman–Crippen LogP) is 3.29. The van der Waals surface area contributed by atoms with Gasteiger partial charge in [-0.05, 0) is 31.4 Å². The van der Waals surface area contributed by atoms with Crippen LogP contribution in [0.15, 0.2) is 24.3 Å². The molecule has 1 aliphatic carbocycles. The lowest BCUT2D eigenvalue weighted by atomic mass is 9.92. The third-order valence-electron chi connectivity index (χ3n) is 5.94. The van der Waals surface area contributed by atoms with Gasteiger partial charge in [-0.2, -0.15) is 5.26 Å². The number of amides is 1. The quantitative estimate of drug-likeness (QED) is 0.722. The van der Waals surface area contributed by atoms with Crippen LogP contribution in [0.3, 0.4) is 0 Å². The zero-order valence-electron chi connectivity index (χ0n) is 15.7. The lowest BCUT2D eigenvalue weighted by molar-refractivity contribution is -0.133. The van der Waals surface area contributed by atoms with Crippen molar-refractivity contribution in [2.75, 3.05) is 12.3 Å². The minimum Gasteiger partial charge on any atom is -0.383 e. The lowest BCUT2D eigenvalue weighted by Gasteiger charge is -2.30. The molecule has 5 rings (SSSR count). The van der Waals surface area contributed by atoms with Crippen LogP contribution in [-0.2, 0) is 17.8 Å². The van der Waals surface area contributed by atoms with Gasteiger partial charge in [0.05, 0.1) is 11.4 Å². The van der Waals surface area contributed by atoms with Crippen molar-refractivity contribution >= 4 is 22.6 Å². The summed E-state index contributed by atoms with van der Waals surface area (Å²) in [6.45, 7) is 3.19. The maximum absolute atomic E-state index is 12.7. The second-order valence-corrected chi connectivity index (χ2v) is 7.74. The number of hydrogen-bond acceptors (Lipinski definition) is 4. The maximum atomic E-state index is 12.7. The SMILES string of the molecule is Cc1c(-c2c(C#N)c(N)nc3c2CN(C(=O)C2CC2)CC3)[nH]c2ccccc12. The van der Waals surface area contributed by atoms with Crippen molar-refractivity contribution in [2.45, 2.75) is 32.7 Å². The highest BCUT2D eigenvalue weighted by molar-refractivity contribution is 5.93. The lowest BCUT2D eigenvalue weighted by Crippen LogP contribution is -2.37. The number of nitrogens with two attached hydrogens (primary N) is 1. The Balaban J connectivity index is 1.72. The van der Waals surface area contributed by atoms with Gasteiger partial charge in [-0.15, -0.1) is 0 Å². The Labute approximate surface area is 163 Å². The molecular weight excluding hydrogens is 350 g/mol. The number of benzene rings is 1. The molecule has 140 valence electrons. The molecule has 1 fully saturated rings. The van der Waals surface area contributed by atoms with Gasteiger partial charge >= 0.3 is 0 Å². The van der Waals surface area contributed by atoms with Crippen molar-refractivity contribution in [3.63, 3.8) is 0 Å². The van der Waals surface area contributed by atoms with Crippen LogP contribution in [0.4, 0.5) is 5.82 Å². The van der Waals surface area contributed by atoms with Gasteiger partial charge in [-0.25, -0.2) is 4.98 Å². The standard InChI is InChI=1S/C22H21N5O/c1-12-14-4-2-3-5-17(14)25-20(12)19-15(10-23)21(24)26-18-8-9-27(11-16(18)19)22(28)13-6-7-13/h2-5,13,25H,6-9,11H2,1H3,(H2,24,26). The number of rotatable bonds is 2. The van der Waals surface area contributed by atoms with Crippen LogP contribution in [0.5, 0.6) is 0 Å². The number of aromatic amines is 1. The Morgan fingerprint density at radius 2 is 2.14 bits per heavy atom. The summed E-state index contributed by atoms with van der Waals surface area (Å²) in [5.41, 5.74) is 12.2. The van der Waals surface area contributed by atoms with Gasteiger partial charge in [-0.1, -0.05) is 18.2 Å². The molecule has 0 saturated heterocycles. The number of fused-ring (bicyclic) bond motifs is 2. The topological polar surface area (TPSA) is 98.8 Å². The van der Waals surface area contributed by atoms with Gasteiger partial charge < -0.3 is 15.6 Å². The number of H-pyrrole nitrogens is 1. The van der Waals surface area contributed by atoms with Gasteiger partial charge in [0.2, 0.25) is 5.91 Å². The zero-order valence-corrected chi connectivity index (χ0v) is 15.7. The molecule has 1 aromatic carbocycles. The van der Waals surface area contributed by atoms with Crippen molar-refractivity contribution in [3.8, 4) is 17.3 Å². The number of nitrogens with zero attached hydrogens (tertiary/aromatic N) is 3. The normalized spacial score (nSPS) is 16.1. The monoisotopic (exact) mass is 371 g/mol. The third-order valence-corrected chi connectivity index (χ3v) is 5.94. The van der Waals surface area contributed by atoms with Gasteiger partial charge in [0.15, 0.2) is 0 Å². The number of pyridine rings is 1. The first-order valence-corrected chi connectivity index (χ1v) is 9.66. The number of nitriles is 1. The van der Waals surface area contributed by atoms with Gasteiger partial charge in [0.25, 0.3) is 0 Å². The highest BCUT2D eigenvalue weighted by Gasteiger charge is 2.36. The Kier molecular flexibility index (Phi) is 3.66. The molecule has 3 aromatic rings. The summed E-state index contributed by atoms with van der Waals surface area (Å²) in [6, 6.07) is 10.3. The van der Waals surface area contributed by atoms with Crippen LogP contribution < -0.4 is 5.73 Å². The molecule has 1 saturated carbocycles. The second kappa shape index (κ2) is 6.10. The van der Waals surface area contributed by atoms with E-state index in [2.05, 4.69) is 22.1 Å². The number of carbonyl (C=O) groups excluding carboxylic acids is 1. The molecule has 0 spiro atoms. The summed E-state index contributed by atoms with van der Waals surface area (Å²) in [6.07, 6.45) is 2.63. The zero-order chi connectivity index (χ0) is 19.4. The molecule has 6 nitrogen and oxygen atoms in total. The molecule has 0 unspecified atom stereocenters. The number of carbonyl (C=O) groups is 1. The van der Waals surface area contributed by atoms with E-state index < -0.39 is 0 Å². The Morgan fingerprint density at radius 3 is 2.86 bits per heavy atom. The Hall–Kier alpha value is -3.33. The second-order valence-electron chi connectivity index (χ2n) is 7.74. The maximum Gasteiger partial charge on any atom is 0.225 e. The summed E-state index contributed by atoms with van der Waals surface area (Å²) >= 11 is 0. The average molecular weight is 371 g/mol. The number of para-hydroxylation sites is 1. The van der Waals surface area contributed by atoms with Crippen LogP contribution in [0.1, 0.15) is 35.2 Å². The molecule has 6 heteroatoms. The fraction of sp³-hybridized carbons (Fsp3) is 0.318. The van der Waals surface area contributed by atoms with E-state index in [0.29, 0.717) is 25.1 Å². The Bertz CT molecular complexity index is 1170. The smallest absolute Gasteiger partial charge is 0.225 e. The third kappa shape index (κ3) is 2.47.